The Labute approximate surface area is 310 Å². The molecular weight excluding hydrogens is 745 g/mol. The number of ether oxygens (including phenoxy) is 1. The number of piperidine rings is 1. The van der Waals surface area contributed by atoms with Crippen molar-refractivity contribution in [3.05, 3.63) is 88.3 Å². The van der Waals surface area contributed by atoms with Gasteiger partial charge in [-0.25, -0.2) is 4.98 Å². The molecule has 270 valence electrons. The van der Waals surface area contributed by atoms with Crippen LogP contribution in [0.2, 0.25) is 0 Å². The molecule has 5 aromatic rings. The summed E-state index contributed by atoms with van der Waals surface area (Å²) in [5.41, 5.74) is 6.67. The number of nitrogens with zero attached hydrogens (tertiary/aromatic N) is 4. The molecule has 1 aliphatic heterocycles. The molecule has 1 unspecified atom stereocenters. The summed E-state index contributed by atoms with van der Waals surface area (Å²) in [6, 6.07) is 15.7. The maximum atomic E-state index is 13.4. The lowest BCUT2D eigenvalue weighted by molar-refractivity contribution is -0.134. The van der Waals surface area contributed by atoms with E-state index in [-0.39, 0.29) is 17.7 Å². The first kappa shape index (κ1) is 36.9. The van der Waals surface area contributed by atoms with Gasteiger partial charge in [0.2, 0.25) is 17.8 Å². The molecule has 1 fully saturated rings. The highest BCUT2D eigenvalue weighted by molar-refractivity contribution is 9.10. The second kappa shape index (κ2) is 16.2. The zero-order chi connectivity index (χ0) is 36.8. The van der Waals surface area contributed by atoms with Crippen LogP contribution < -0.4 is 36.6 Å². The number of aromatic nitrogens is 4. The van der Waals surface area contributed by atoms with E-state index in [1.807, 2.05) is 55.5 Å². The molecule has 52 heavy (non-hydrogen) atoms. The molecule has 5 N–H and O–H groups in total. The van der Waals surface area contributed by atoms with E-state index in [0.717, 1.165) is 36.3 Å². The van der Waals surface area contributed by atoms with Crippen molar-refractivity contribution in [3.8, 4) is 5.75 Å². The van der Waals surface area contributed by atoms with E-state index in [1.165, 1.54) is 5.56 Å². The van der Waals surface area contributed by atoms with Gasteiger partial charge in [0.15, 0.2) is 0 Å². The summed E-state index contributed by atoms with van der Waals surface area (Å²) in [4.78, 5) is 41.6. The quantitative estimate of drug-likeness (QED) is 0.0506. The monoisotopic (exact) mass is 785 g/mol. The third-order valence-corrected chi connectivity index (χ3v) is 10.9. The molecule has 0 saturated carbocycles. The topological polar surface area (TPSA) is 172 Å². The molecule has 0 aliphatic carbocycles. The molecule has 2 aromatic heterocycles. The predicted octanol–water partition coefficient (Wildman–Crippen LogP) is 6.00. The minimum Gasteiger partial charge on any atom is -0.494 e. The van der Waals surface area contributed by atoms with E-state index in [9.17, 15) is 14.2 Å². The lowest BCUT2D eigenvalue weighted by atomic mass is 9.90. The van der Waals surface area contributed by atoms with E-state index in [1.54, 1.807) is 39.0 Å². The van der Waals surface area contributed by atoms with Crippen molar-refractivity contribution in [2.24, 2.45) is 0 Å². The van der Waals surface area contributed by atoms with E-state index < -0.39 is 7.14 Å². The molecule has 13 nitrogen and oxygen atoms in total. The third-order valence-electron chi connectivity index (χ3n) is 8.77. The minimum absolute atomic E-state index is 0.200. The van der Waals surface area contributed by atoms with E-state index in [4.69, 9.17) is 9.72 Å². The minimum atomic E-state index is -2.76. The van der Waals surface area contributed by atoms with Crippen molar-refractivity contribution in [3.63, 3.8) is 0 Å². The Hall–Kier alpha value is -4.91. The van der Waals surface area contributed by atoms with Crippen LogP contribution in [0.3, 0.4) is 0 Å². The summed E-state index contributed by atoms with van der Waals surface area (Å²) >= 11 is 3.55. The summed E-state index contributed by atoms with van der Waals surface area (Å²) in [5.74, 6) is 0.775. The van der Waals surface area contributed by atoms with Crippen LogP contribution in [0.25, 0.3) is 11.0 Å². The van der Waals surface area contributed by atoms with E-state index in [2.05, 4.69) is 57.5 Å². The second-order valence-electron chi connectivity index (χ2n) is 12.9. The van der Waals surface area contributed by atoms with Gasteiger partial charge < -0.3 is 30.6 Å². The highest BCUT2D eigenvalue weighted by atomic mass is 79.9. The van der Waals surface area contributed by atoms with Crippen LogP contribution in [-0.2, 0) is 20.6 Å². The number of amides is 2. The highest BCUT2D eigenvalue weighted by Gasteiger charge is 2.28. The number of hydrogen-bond acceptors (Lipinski definition) is 12. The van der Waals surface area contributed by atoms with Gasteiger partial charge in [0.05, 0.1) is 39.7 Å². The fourth-order valence-corrected chi connectivity index (χ4v) is 7.83. The van der Waals surface area contributed by atoms with Gasteiger partial charge in [-0.1, -0.05) is 24.3 Å². The standard InChI is InChI=1S/C37H41BrN9O4P/c1-22-19-30(45-37-43-21-26(38)35(47-37)44-28-11-10-27-33(42-18-17-40-27)34(28)52(3,4)50)31(51-2)20-29(22)41-16-15-39-14-13-23-5-7-24(8-6-23)25-9-12-32(48)46-36(25)49/h5-8,10-11,17-21,25,39,41H,9,12-16H2,1-4H3,(H,46,48,49)(H2,43,44,45,47). The van der Waals surface area contributed by atoms with Crippen molar-refractivity contribution >= 4 is 80.1 Å². The van der Waals surface area contributed by atoms with Crippen LogP contribution in [-0.4, -0.2) is 71.8 Å². The van der Waals surface area contributed by atoms with Crippen molar-refractivity contribution < 1.29 is 18.9 Å². The van der Waals surface area contributed by atoms with Gasteiger partial charge >= 0.3 is 0 Å². The van der Waals surface area contributed by atoms with Crippen LogP contribution in [0.4, 0.5) is 28.8 Å². The number of benzene rings is 3. The van der Waals surface area contributed by atoms with Crippen molar-refractivity contribution in [1.82, 2.24) is 30.6 Å². The van der Waals surface area contributed by atoms with E-state index >= 15 is 0 Å². The number of aryl methyl sites for hydroxylation is 1. The van der Waals surface area contributed by atoms with Gasteiger partial charge in [0, 0.05) is 49.9 Å². The number of carbonyl (C=O) groups excluding carboxylic acids is 2. The van der Waals surface area contributed by atoms with Gasteiger partial charge in [0.25, 0.3) is 0 Å². The summed E-state index contributed by atoms with van der Waals surface area (Å²) < 4.78 is 19.8. The Morgan fingerprint density at radius 3 is 2.48 bits per heavy atom. The van der Waals surface area contributed by atoms with Gasteiger partial charge in [0.1, 0.15) is 24.2 Å². The van der Waals surface area contributed by atoms with Gasteiger partial charge in [-0.2, -0.15) is 4.98 Å². The van der Waals surface area contributed by atoms with Crippen LogP contribution in [0, 0.1) is 6.92 Å². The van der Waals surface area contributed by atoms with Gasteiger partial charge in [-0.3, -0.25) is 24.9 Å². The number of imide groups is 1. The molecule has 1 atom stereocenters. The lowest BCUT2D eigenvalue weighted by Gasteiger charge is -2.21. The van der Waals surface area contributed by atoms with Gasteiger partial charge in [-0.15, -0.1) is 0 Å². The first-order chi connectivity index (χ1) is 25.0. The average Bonchev–Trinajstić information content (AvgIpc) is 3.11. The molecule has 3 aromatic carbocycles. The van der Waals surface area contributed by atoms with Crippen molar-refractivity contribution in [2.75, 3.05) is 56.0 Å². The maximum absolute atomic E-state index is 13.4. The average molecular weight is 787 g/mol. The smallest absolute Gasteiger partial charge is 0.234 e. The summed E-state index contributed by atoms with van der Waals surface area (Å²) in [6.45, 7) is 7.72. The number of halogens is 1. The van der Waals surface area contributed by atoms with Gasteiger partial charge in [-0.05, 0) is 90.5 Å². The van der Waals surface area contributed by atoms with Crippen LogP contribution in [0.1, 0.15) is 35.4 Å². The molecule has 15 heteroatoms. The third kappa shape index (κ3) is 8.75. The molecule has 6 rings (SSSR count). The second-order valence-corrected chi connectivity index (χ2v) is 16.9. The fraction of sp³-hybridized carbons (Fsp3) is 0.297. The van der Waals surface area contributed by atoms with Crippen LogP contribution in [0.5, 0.6) is 5.75 Å². The molecule has 0 radical (unpaired) electrons. The first-order valence-corrected chi connectivity index (χ1v) is 20.3. The molecule has 3 heterocycles. The molecule has 2 amide bonds. The highest BCUT2D eigenvalue weighted by Crippen LogP contribution is 2.41. The fourth-order valence-electron chi connectivity index (χ4n) is 6.15. The van der Waals surface area contributed by atoms with E-state index in [0.29, 0.717) is 69.1 Å². The number of anilines is 5. The SMILES string of the molecule is COc1cc(NCCNCCc2ccc(C3CCC(=O)NC3=O)cc2)c(C)cc1Nc1ncc(Br)c(Nc2ccc3nccnc3c2P(C)(C)=O)n1. The van der Waals surface area contributed by atoms with Crippen LogP contribution >= 0.6 is 23.1 Å². The molecule has 0 bridgehead atoms. The molecule has 1 saturated heterocycles. The van der Waals surface area contributed by atoms with Crippen molar-refractivity contribution in [2.45, 2.75) is 32.1 Å². The number of hydrogen-bond donors (Lipinski definition) is 5. The molecular formula is C37H41BrN9O4P. The zero-order valence-electron chi connectivity index (χ0n) is 29.4. The Kier molecular flexibility index (Phi) is 11.5. The number of nitrogens with one attached hydrogen (secondary N) is 5. The summed E-state index contributed by atoms with van der Waals surface area (Å²) in [5, 5.41) is 16.6. The normalized spacial score (nSPS) is 14.6. The first-order valence-electron chi connectivity index (χ1n) is 16.9. The summed E-state index contributed by atoms with van der Waals surface area (Å²) in [7, 11) is -1.14. The Morgan fingerprint density at radius 1 is 0.942 bits per heavy atom. The number of fused-ring (bicyclic) bond motifs is 1. The Morgan fingerprint density at radius 2 is 1.73 bits per heavy atom. The summed E-state index contributed by atoms with van der Waals surface area (Å²) in [6.07, 6.45) is 6.64. The maximum Gasteiger partial charge on any atom is 0.234 e. The lowest BCUT2D eigenvalue weighted by Crippen LogP contribution is -2.39. The number of rotatable bonds is 14. The Bertz CT molecular complexity index is 2160. The number of carbonyl (C=O) groups is 2. The zero-order valence-corrected chi connectivity index (χ0v) is 31.9. The van der Waals surface area contributed by atoms with Crippen molar-refractivity contribution in [1.29, 1.82) is 0 Å². The van der Waals surface area contributed by atoms with Crippen LogP contribution in [0.15, 0.2) is 71.6 Å². The number of methoxy groups -OCH3 is 1. The molecule has 1 aliphatic rings. The molecule has 0 spiro atoms. The predicted molar refractivity (Wildman–Crippen MR) is 209 cm³/mol. The largest absolute Gasteiger partial charge is 0.494 e. The Balaban J connectivity index is 1.04.